The number of hydrogen-bond donors (Lipinski definition) is 1. The zero-order chi connectivity index (χ0) is 14.5. The summed E-state index contributed by atoms with van der Waals surface area (Å²) < 4.78 is 5.18. The molecule has 2 atom stereocenters. The Balaban J connectivity index is 1.77. The number of piperazine rings is 1. The monoisotopic (exact) mass is 283 g/mol. The summed E-state index contributed by atoms with van der Waals surface area (Å²) in [6.07, 6.45) is 3.24. The molecule has 2 rings (SSSR count). The van der Waals surface area contributed by atoms with Crippen molar-refractivity contribution in [2.45, 2.75) is 51.2 Å². The molecule has 20 heavy (non-hydrogen) atoms. The standard InChI is InChI=1S/C15H29N3O2/c1-4-20-15(19)14(16-13-5-6-13)7-8-18-10-9-17(3)12(2)11-18/h12-14,16H,4-11H2,1-3H3. The minimum absolute atomic E-state index is 0.0819. The van der Waals surface area contributed by atoms with E-state index in [-0.39, 0.29) is 12.0 Å². The molecule has 0 bridgehead atoms. The van der Waals surface area contributed by atoms with Gasteiger partial charge in [-0.1, -0.05) is 0 Å². The van der Waals surface area contributed by atoms with Crippen molar-refractivity contribution in [3.05, 3.63) is 0 Å². The first-order chi connectivity index (χ1) is 9.60. The van der Waals surface area contributed by atoms with Crippen molar-refractivity contribution in [1.29, 1.82) is 0 Å². The van der Waals surface area contributed by atoms with Crippen LogP contribution in [0, 0.1) is 0 Å². The third-order valence-electron chi connectivity index (χ3n) is 4.36. The summed E-state index contributed by atoms with van der Waals surface area (Å²) in [6.45, 7) is 8.87. The van der Waals surface area contributed by atoms with Gasteiger partial charge in [-0.25, -0.2) is 0 Å². The van der Waals surface area contributed by atoms with Crippen molar-refractivity contribution in [3.63, 3.8) is 0 Å². The van der Waals surface area contributed by atoms with Gasteiger partial charge in [-0.15, -0.1) is 0 Å². The maximum Gasteiger partial charge on any atom is 0.323 e. The Labute approximate surface area is 122 Å². The van der Waals surface area contributed by atoms with Crippen molar-refractivity contribution in [2.24, 2.45) is 0 Å². The first kappa shape index (κ1) is 15.7. The summed E-state index contributed by atoms with van der Waals surface area (Å²) in [6, 6.07) is 1.01. The molecule has 0 radical (unpaired) electrons. The normalized spacial score (nSPS) is 26.4. The van der Waals surface area contributed by atoms with Crippen LogP contribution >= 0.6 is 0 Å². The average molecular weight is 283 g/mol. The molecular formula is C15H29N3O2. The van der Waals surface area contributed by atoms with Crippen molar-refractivity contribution < 1.29 is 9.53 Å². The topological polar surface area (TPSA) is 44.8 Å². The lowest BCUT2D eigenvalue weighted by Crippen LogP contribution is -2.51. The van der Waals surface area contributed by atoms with E-state index < -0.39 is 0 Å². The molecule has 5 nitrogen and oxygen atoms in total. The fraction of sp³-hybridized carbons (Fsp3) is 0.933. The van der Waals surface area contributed by atoms with Crippen molar-refractivity contribution in [2.75, 3.05) is 39.8 Å². The zero-order valence-corrected chi connectivity index (χ0v) is 13.1. The summed E-state index contributed by atoms with van der Waals surface area (Å²) in [7, 11) is 2.18. The largest absolute Gasteiger partial charge is 0.465 e. The molecule has 2 fully saturated rings. The van der Waals surface area contributed by atoms with Gasteiger partial charge in [0.05, 0.1) is 6.61 Å². The summed E-state index contributed by atoms with van der Waals surface area (Å²) in [5.74, 6) is -0.0819. The maximum absolute atomic E-state index is 12.0. The van der Waals surface area contributed by atoms with Crippen LogP contribution in [0.4, 0.5) is 0 Å². The van der Waals surface area contributed by atoms with E-state index in [1.807, 2.05) is 6.92 Å². The van der Waals surface area contributed by atoms with Crippen LogP contribution in [-0.4, -0.2) is 73.7 Å². The van der Waals surface area contributed by atoms with Crippen LogP contribution in [0.15, 0.2) is 0 Å². The van der Waals surface area contributed by atoms with Crippen LogP contribution < -0.4 is 5.32 Å². The quantitative estimate of drug-likeness (QED) is 0.697. The highest BCUT2D eigenvalue weighted by atomic mass is 16.5. The van der Waals surface area contributed by atoms with Gasteiger partial charge in [0, 0.05) is 38.3 Å². The first-order valence-electron chi connectivity index (χ1n) is 7.95. The molecule has 1 saturated heterocycles. The summed E-state index contributed by atoms with van der Waals surface area (Å²) in [5.41, 5.74) is 0. The molecule has 1 aliphatic carbocycles. The number of hydrogen-bond acceptors (Lipinski definition) is 5. The van der Waals surface area contributed by atoms with E-state index in [2.05, 4.69) is 29.1 Å². The van der Waals surface area contributed by atoms with Crippen LogP contribution in [0.5, 0.6) is 0 Å². The fourth-order valence-corrected chi connectivity index (χ4v) is 2.69. The van der Waals surface area contributed by atoms with E-state index in [0.717, 1.165) is 32.6 Å². The zero-order valence-electron chi connectivity index (χ0n) is 13.1. The van der Waals surface area contributed by atoms with Gasteiger partial charge in [0.1, 0.15) is 6.04 Å². The molecule has 0 aromatic heterocycles. The minimum atomic E-state index is -0.127. The number of esters is 1. The second-order valence-corrected chi connectivity index (χ2v) is 6.16. The lowest BCUT2D eigenvalue weighted by Gasteiger charge is -2.38. The average Bonchev–Trinajstić information content (AvgIpc) is 3.22. The Bertz CT molecular complexity index is 320. The van der Waals surface area contributed by atoms with Gasteiger partial charge in [0.2, 0.25) is 0 Å². The van der Waals surface area contributed by atoms with E-state index in [9.17, 15) is 4.79 Å². The van der Waals surface area contributed by atoms with Gasteiger partial charge in [0.15, 0.2) is 0 Å². The molecule has 2 aliphatic rings. The Morgan fingerprint density at radius 3 is 2.75 bits per heavy atom. The summed E-state index contributed by atoms with van der Waals surface area (Å²) >= 11 is 0. The molecule has 5 heteroatoms. The van der Waals surface area contributed by atoms with E-state index in [1.54, 1.807) is 0 Å². The number of carbonyl (C=O) groups is 1. The minimum Gasteiger partial charge on any atom is -0.465 e. The molecule has 116 valence electrons. The van der Waals surface area contributed by atoms with E-state index in [4.69, 9.17) is 4.74 Å². The van der Waals surface area contributed by atoms with Gasteiger partial charge >= 0.3 is 5.97 Å². The Kier molecular flexibility index (Phi) is 5.81. The third kappa shape index (κ3) is 4.72. The van der Waals surface area contributed by atoms with E-state index in [1.165, 1.54) is 12.8 Å². The van der Waals surface area contributed by atoms with Crippen molar-refractivity contribution in [1.82, 2.24) is 15.1 Å². The smallest absolute Gasteiger partial charge is 0.323 e. The van der Waals surface area contributed by atoms with Crippen molar-refractivity contribution >= 4 is 5.97 Å². The number of nitrogens with zero attached hydrogens (tertiary/aromatic N) is 2. The van der Waals surface area contributed by atoms with Gasteiger partial charge in [-0.05, 0) is 40.2 Å². The highest BCUT2D eigenvalue weighted by Crippen LogP contribution is 2.20. The van der Waals surface area contributed by atoms with E-state index in [0.29, 0.717) is 18.7 Å². The van der Waals surface area contributed by atoms with Crippen LogP contribution in [0.1, 0.15) is 33.1 Å². The van der Waals surface area contributed by atoms with Crippen LogP contribution in [0.3, 0.4) is 0 Å². The third-order valence-corrected chi connectivity index (χ3v) is 4.36. The highest BCUT2D eigenvalue weighted by molar-refractivity contribution is 5.75. The highest BCUT2D eigenvalue weighted by Gasteiger charge is 2.30. The van der Waals surface area contributed by atoms with Crippen LogP contribution in [0.2, 0.25) is 0 Å². The van der Waals surface area contributed by atoms with Gasteiger partial charge in [0.25, 0.3) is 0 Å². The fourth-order valence-electron chi connectivity index (χ4n) is 2.69. The molecule has 0 aromatic rings. The molecule has 0 amide bonds. The summed E-state index contributed by atoms with van der Waals surface area (Å²) in [4.78, 5) is 16.8. The second kappa shape index (κ2) is 7.38. The predicted molar refractivity (Wildman–Crippen MR) is 79.7 cm³/mol. The molecule has 2 unspecified atom stereocenters. The van der Waals surface area contributed by atoms with Gasteiger partial charge < -0.3 is 19.9 Å². The second-order valence-electron chi connectivity index (χ2n) is 6.16. The number of rotatable bonds is 7. The molecule has 1 N–H and O–H groups in total. The van der Waals surface area contributed by atoms with Gasteiger partial charge in [-0.2, -0.15) is 0 Å². The molecule has 0 aromatic carbocycles. The van der Waals surface area contributed by atoms with Crippen LogP contribution in [0.25, 0.3) is 0 Å². The number of ether oxygens (including phenoxy) is 1. The number of nitrogens with one attached hydrogen (secondary N) is 1. The number of carbonyl (C=O) groups excluding carboxylic acids is 1. The van der Waals surface area contributed by atoms with Crippen LogP contribution in [-0.2, 0) is 9.53 Å². The molecule has 0 spiro atoms. The molecule has 1 saturated carbocycles. The lowest BCUT2D eigenvalue weighted by atomic mass is 10.1. The predicted octanol–water partition coefficient (Wildman–Crippen LogP) is 0.696. The lowest BCUT2D eigenvalue weighted by molar-refractivity contribution is -0.146. The molecule has 1 aliphatic heterocycles. The summed E-state index contributed by atoms with van der Waals surface area (Å²) in [5, 5.41) is 3.42. The Morgan fingerprint density at radius 2 is 2.15 bits per heavy atom. The van der Waals surface area contributed by atoms with E-state index >= 15 is 0 Å². The molecule has 1 heterocycles. The Morgan fingerprint density at radius 1 is 1.40 bits per heavy atom. The first-order valence-corrected chi connectivity index (χ1v) is 7.95. The maximum atomic E-state index is 12.0. The van der Waals surface area contributed by atoms with Gasteiger partial charge in [-0.3, -0.25) is 4.79 Å². The van der Waals surface area contributed by atoms with Crippen molar-refractivity contribution in [3.8, 4) is 0 Å². The Hall–Kier alpha value is -0.650. The number of likely N-dealkylation sites (N-methyl/N-ethyl adjacent to an activating group) is 1. The SMILES string of the molecule is CCOC(=O)C(CCN1CCN(C)C(C)C1)NC1CC1. The molecular weight excluding hydrogens is 254 g/mol.